The number of benzene rings is 2. The number of hydrogen-bond acceptors (Lipinski definition) is 5. The van der Waals surface area contributed by atoms with Gasteiger partial charge in [0.15, 0.2) is 6.10 Å². The van der Waals surface area contributed by atoms with Gasteiger partial charge >= 0.3 is 5.97 Å². The molecule has 0 saturated heterocycles. The summed E-state index contributed by atoms with van der Waals surface area (Å²) in [6, 6.07) is 10.2. The lowest BCUT2D eigenvalue weighted by molar-refractivity contribution is -0.153. The normalized spacial score (nSPS) is 13.7. The molecule has 162 valence electrons. The summed E-state index contributed by atoms with van der Waals surface area (Å²) < 4.78 is 5.18. The van der Waals surface area contributed by atoms with Crippen LogP contribution < -0.4 is 5.32 Å². The van der Waals surface area contributed by atoms with Gasteiger partial charge in [-0.1, -0.05) is 29.3 Å². The summed E-state index contributed by atoms with van der Waals surface area (Å²) in [5, 5.41) is 3.17. The van der Waals surface area contributed by atoms with Crippen LogP contribution in [0.4, 0.5) is 5.69 Å². The second kappa shape index (κ2) is 9.31. The van der Waals surface area contributed by atoms with Crippen LogP contribution in [-0.4, -0.2) is 41.2 Å². The number of esters is 1. The number of nitrogens with zero attached hydrogens (tertiary/aromatic N) is 1. The third-order valence-electron chi connectivity index (χ3n) is 5.02. The third kappa shape index (κ3) is 5.11. The molecule has 0 aromatic heterocycles. The molecule has 1 aliphatic rings. The highest BCUT2D eigenvalue weighted by Crippen LogP contribution is 2.24. The summed E-state index contributed by atoms with van der Waals surface area (Å²) in [5.41, 5.74) is 3.02. The van der Waals surface area contributed by atoms with Crippen LogP contribution in [0.1, 0.15) is 51.6 Å². The van der Waals surface area contributed by atoms with Crippen LogP contribution in [0.3, 0.4) is 0 Å². The van der Waals surface area contributed by atoms with E-state index in [9.17, 15) is 19.2 Å². The zero-order valence-electron chi connectivity index (χ0n) is 17.5. The molecule has 3 amide bonds. The number of anilines is 1. The number of halogens is 1. The Bertz CT molecular complexity index is 1070. The molecule has 1 heterocycles. The maximum Gasteiger partial charge on any atom is 0.306 e. The number of fused-ring (bicyclic) bond motifs is 1. The van der Waals surface area contributed by atoms with Gasteiger partial charge in [0.1, 0.15) is 0 Å². The quantitative estimate of drug-likeness (QED) is 0.518. The van der Waals surface area contributed by atoms with Gasteiger partial charge in [-0.15, -0.1) is 0 Å². The summed E-state index contributed by atoms with van der Waals surface area (Å²) in [7, 11) is 0. The Morgan fingerprint density at radius 1 is 1.06 bits per heavy atom. The number of carbonyl (C=O) groups excluding carboxylic acids is 4. The molecule has 1 atom stereocenters. The Hall–Kier alpha value is -3.19. The molecule has 1 N–H and O–H groups in total. The fourth-order valence-corrected chi connectivity index (χ4v) is 3.43. The van der Waals surface area contributed by atoms with Gasteiger partial charge in [0.05, 0.1) is 11.1 Å². The summed E-state index contributed by atoms with van der Waals surface area (Å²) in [5.74, 6) is -1.79. The molecule has 8 heteroatoms. The molecule has 1 aliphatic heterocycles. The van der Waals surface area contributed by atoms with E-state index in [4.69, 9.17) is 16.3 Å². The largest absolute Gasteiger partial charge is 0.453 e. The Morgan fingerprint density at radius 3 is 2.52 bits per heavy atom. The van der Waals surface area contributed by atoms with E-state index in [1.165, 1.54) is 6.92 Å². The molecule has 0 saturated carbocycles. The third-order valence-corrected chi connectivity index (χ3v) is 5.26. The highest BCUT2D eigenvalue weighted by Gasteiger charge is 2.35. The molecular formula is C23H23ClN2O5. The Morgan fingerprint density at radius 2 is 1.77 bits per heavy atom. The molecule has 2 aromatic rings. The van der Waals surface area contributed by atoms with Gasteiger partial charge in [-0.2, -0.15) is 0 Å². The number of hydrogen-bond donors (Lipinski definition) is 1. The Kier molecular flexibility index (Phi) is 6.75. The SMILES string of the molecule is Cc1ccc2c(c1)C(=O)N(CCCC(=O)OC(C)C(=O)Nc1cc(Cl)ccc1C)C2=O. The van der Waals surface area contributed by atoms with Crippen molar-refractivity contribution in [1.82, 2.24) is 4.90 Å². The minimum Gasteiger partial charge on any atom is -0.453 e. The van der Waals surface area contributed by atoms with Gasteiger partial charge in [-0.05, 0) is 57.0 Å². The number of aryl methyl sites for hydroxylation is 2. The van der Waals surface area contributed by atoms with Gasteiger partial charge in [0, 0.05) is 23.7 Å². The lowest BCUT2D eigenvalue weighted by atomic mass is 10.1. The van der Waals surface area contributed by atoms with Crippen molar-refractivity contribution in [3.8, 4) is 0 Å². The number of nitrogens with one attached hydrogen (secondary N) is 1. The van der Waals surface area contributed by atoms with Gasteiger partial charge < -0.3 is 10.1 Å². The van der Waals surface area contributed by atoms with Crippen LogP contribution >= 0.6 is 11.6 Å². The summed E-state index contributed by atoms with van der Waals surface area (Å²) in [4.78, 5) is 50.4. The van der Waals surface area contributed by atoms with E-state index in [0.717, 1.165) is 16.0 Å². The molecule has 0 radical (unpaired) electrons. The summed E-state index contributed by atoms with van der Waals surface area (Å²) >= 11 is 5.94. The number of rotatable bonds is 7. The first-order chi connectivity index (χ1) is 14.7. The first kappa shape index (κ1) is 22.5. The predicted octanol–water partition coefficient (Wildman–Crippen LogP) is 3.90. The number of carbonyl (C=O) groups is 4. The van der Waals surface area contributed by atoms with E-state index >= 15 is 0 Å². The first-order valence-corrected chi connectivity index (χ1v) is 10.3. The molecular weight excluding hydrogens is 420 g/mol. The minimum absolute atomic E-state index is 0.0275. The fraction of sp³-hybridized carbons (Fsp3) is 0.304. The molecule has 0 aliphatic carbocycles. The van der Waals surface area contributed by atoms with E-state index in [1.54, 1.807) is 36.4 Å². The van der Waals surface area contributed by atoms with Gasteiger partial charge in [-0.25, -0.2) is 0 Å². The summed E-state index contributed by atoms with van der Waals surface area (Å²) in [6.45, 7) is 5.24. The molecule has 31 heavy (non-hydrogen) atoms. The van der Waals surface area contributed by atoms with Crippen molar-refractivity contribution < 1.29 is 23.9 Å². The highest BCUT2D eigenvalue weighted by molar-refractivity contribution is 6.31. The first-order valence-electron chi connectivity index (χ1n) is 9.90. The molecule has 0 spiro atoms. The predicted molar refractivity (Wildman–Crippen MR) is 116 cm³/mol. The van der Waals surface area contributed by atoms with Gasteiger partial charge in [-0.3, -0.25) is 24.1 Å². The molecule has 3 rings (SSSR count). The zero-order valence-corrected chi connectivity index (χ0v) is 18.3. The average molecular weight is 443 g/mol. The zero-order chi connectivity index (χ0) is 22.7. The van der Waals surface area contributed by atoms with Crippen molar-refractivity contribution in [2.75, 3.05) is 11.9 Å². The lowest BCUT2D eigenvalue weighted by Gasteiger charge is -2.16. The van der Waals surface area contributed by atoms with Crippen molar-refractivity contribution >= 4 is 41.0 Å². The molecule has 0 bridgehead atoms. The van der Waals surface area contributed by atoms with Crippen molar-refractivity contribution in [3.05, 3.63) is 63.7 Å². The van der Waals surface area contributed by atoms with E-state index in [-0.39, 0.29) is 31.2 Å². The molecule has 0 fully saturated rings. The highest BCUT2D eigenvalue weighted by atomic mass is 35.5. The second-order valence-electron chi connectivity index (χ2n) is 7.50. The average Bonchev–Trinajstić information content (AvgIpc) is 2.94. The second-order valence-corrected chi connectivity index (χ2v) is 7.93. The number of ether oxygens (including phenoxy) is 1. The van der Waals surface area contributed by atoms with Gasteiger partial charge in [0.2, 0.25) is 0 Å². The van der Waals surface area contributed by atoms with Crippen molar-refractivity contribution in [3.63, 3.8) is 0 Å². The van der Waals surface area contributed by atoms with Crippen molar-refractivity contribution in [1.29, 1.82) is 0 Å². The van der Waals surface area contributed by atoms with Crippen molar-refractivity contribution in [2.45, 2.75) is 39.7 Å². The Balaban J connectivity index is 1.48. The van der Waals surface area contributed by atoms with Crippen LogP contribution in [0.5, 0.6) is 0 Å². The molecule has 1 unspecified atom stereocenters. The lowest BCUT2D eigenvalue weighted by Crippen LogP contribution is -2.32. The van der Waals surface area contributed by atoms with E-state index < -0.39 is 18.0 Å². The van der Waals surface area contributed by atoms with Crippen LogP contribution in [0.25, 0.3) is 0 Å². The van der Waals surface area contributed by atoms with Crippen molar-refractivity contribution in [2.24, 2.45) is 0 Å². The Labute approximate surface area is 185 Å². The smallest absolute Gasteiger partial charge is 0.306 e. The van der Waals surface area contributed by atoms with Crippen LogP contribution in [0, 0.1) is 13.8 Å². The van der Waals surface area contributed by atoms with Crippen LogP contribution in [0.15, 0.2) is 36.4 Å². The fourth-order valence-electron chi connectivity index (χ4n) is 3.26. The standard InChI is InChI=1S/C23H23ClN2O5/c1-13-6-9-17-18(11-13)23(30)26(22(17)29)10-4-5-20(27)31-15(3)21(28)25-19-12-16(24)8-7-14(19)2/h6-9,11-12,15H,4-5,10H2,1-3H3,(H,25,28). The maximum atomic E-state index is 12.5. The topological polar surface area (TPSA) is 92.8 Å². The minimum atomic E-state index is -1.01. The van der Waals surface area contributed by atoms with Crippen LogP contribution in [-0.2, 0) is 14.3 Å². The van der Waals surface area contributed by atoms with E-state index in [1.807, 2.05) is 13.8 Å². The van der Waals surface area contributed by atoms with E-state index in [2.05, 4.69) is 5.32 Å². The summed E-state index contributed by atoms with van der Waals surface area (Å²) in [6.07, 6.45) is -0.793. The van der Waals surface area contributed by atoms with Gasteiger partial charge in [0.25, 0.3) is 17.7 Å². The van der Waals surface area contributed by atoms with Crippen LogP contribution in [0.2, 0.25) is 5.02 Å². The monoisotopic (exact) mass is 442 g/mol. The number of amides is 3. The molecule has 2 aromatic carbocycles. The maximum absolute atomic E-state index is 12.5. The van der Waals surface area contributed by atoms with E-state index in [0.29, 0.717) is 21.8 Å². The molecule has 7 nitrogen and oxygen atoms in total. The number of imide groups is 1.